The molecule has 0 saturated heterocycles. The van der Waals surface area contributed by atoms with Gasteiger partial charge in [0.25, 0.3) is 0 Å². The molecule has 0 aromatic carbocycles. The number of halogens is 1. The van der Waals surface area contributed by atoms with E-state index in [1.54, 1.807) is 17.1 Å². The van der Waals surface area contributed by atoms with Gasteiger partial charge in [-0.2, -0.15) is 0 Å². The summed E-state index contributed by atoms with van der Waals surface area (Å²) in [5.74, 6) is -3.13. The number of ketones is 2. The maximum absolute atomic E-state index is 13.5. The van der Waals surface area contributed by atoms with E-state index in [9.17, 15) is 33.4 Å². The van der Waals surface area contributed by atoms with Gasteiger partial charge in [0.15, 0.2) is 6.10 Å². The second kappa shape index (κ2) is 44.4. The Morgan fingerprint density at radius 2 is 1.23 bits per heavy atom. The van der Waals surface area contributed by atoms with Crippen LogP contribution in [0.1, 0.15) is 202 Å². The first kappa shape index (κ1) is 71.6. The number of phosphoric ester groups is 1. The molecular formula is C61H93ClNNaO12P. The summed E-state index contributed by atoms with van der Waals surface area (Å²) < 4.78 is 40.2. The van der Waals surface area contributed by atoms with E-state index in [4.69, 9.17) is 34.9 Å². The third-order valence-electron chi connectivity index (χ3n) is 12.8. The van der Waals surface area contributed by atoms with Gasteiger partial charge in [-0.05, 0) is 102 Å². The van der Waals surface area contributed by atoms with Crippen LogP contribution in [0.25, 0.3) is 0 Å². The zero-order valence-corrected chi connectivity index (χ0v) is 51.6. The Labute approximate surface area is 490 Å². The Hall–Kier alpha value is -3.39. The maximum Gasteiger partial charge on any atom is 0.472 e. The molecule has 1 N–H and O–H groups in total. The van der Waals surface area contributed by atoms with E-state index in [0.29, 0.717) is 24.5 Å². The smallest absolute Gasteiger partial charge is 0.462 e. The van der Waals surface area contributed by atoms with Gasteiger partial charge in [0.2, 0.25) is 17.7 Å². The monoisotopic (exact) mass is 1120 g/mol. The van der Waals surface area contributed by atoms with E-state index in [1.807, 2.05) is 13.0 Å². The molecule has 13 nitrogen and oxygen atoms in total. The molecule has 1 radical (unpaired) electrons. The average Bonchev–Trinajstić information content (AvgIpc) is 3.39. The number of carbonyl (C=O) groups is 5. The van der Waals surface area contributed by atoms with Crippen molar-refractivity contribution in [1.82, 2.24) is 4.90 Å². The van der Waals surface area contributed by atoms with Gasteiger partial charge in [-0.25, -0.2) is 4.57 Å². The molecule has 0 amide bonds. The molecule has 2 rings (SSSR count). The van der Waals surface area contributed by atoms with Crippen LogP contribution in [0.3, 0.4) is 0 Å². The van der Waals surface area contributed by atoms with Gasteiger partial charge in [-0.3, -0.25) is 33.0 Å². The van der Waals surface area contributed by atoms with Crippen molar-refractivity contribution in [1.29, 1.82) is 0 Å². The summed E-state index contributed by atoms with van der Waals surface area (Å²) in [4.78, 5) is 76.6. The fourth-order valence-corrected chi connectivity index (χ4v) is 9.19. The molecule has 1 heterocycles. The van der Waals surface area contributed by atoms with Crippen molar-refractivity contribution in [2.24, 2.45) is 5.92 Å². The molecule has 0 fully saturated rings. The summed E-state index contributed by atoms with van der Waals surface area (Å²) in [6.45, 7) is 10.2. The van der Waals surface area contributed by atoms with Crippen LogP contribution in [0.2, 0.25) is 0 Å². The molecule has 0 aromatic heterocycles. The molecule has 0 spiro atoms. The van der Waals surface area contributed by atoms with E-state index in [2.05, 4.69) is 82.4 Å². The molecule has 0 bridgehead atoms. The van der Waals surface area contributed by atoms with Crippen LogP contribution in [0.4, 0.5) is 0 Å². The van der Waals surface area contributed by atoms with E-state index < -0.39 is 62.7 Å². The molecule has 427 valence electrons. The molecule has 4 atom stereocenters. The number of fused-ring (bicyclic) bond motifs is 1. The number of rotatable bonds is 43. The van der Waals surface area contributed by atoms with Crippen molar-refractivity contribution >= 4 is 78.5 Å². The second-order valence-electron chi connectivity index (χ2n) is 19.7. The standard InChI is InChI=1S/C61H93ClNO12P.Na/c1-7-10-12-14-16-18-20-22-24-26-28-30-32-34-36-38-56(65)71-47-53(75-57(66)39-37-35-33-31-29-27-25-23-21-19-17-15-13-11-8-2)48-73-76(69,70)72-43-42-63-46-55-54(45-52(63)41-40-50(5)44-49(4)9-3)58(62)60(68)61(59(55)67)74-51(6)64;/h16-19,22-25,40-41,44-46,49,53,61H,7-15,20-21,26-39,42-43,47-48H2,1-6H3,(H,69,70);/b18-16-,19-17-,24-22-,25-23-,41-40+,50-44+;. The van der Waals surface area contributed by atoms with Gasteiger partial charge in [-0.1, -0.05) is 176 Å². The first-order chi connectivity index (χ1) is 36.6. The molecule has 77 heavy (non-hydrogen) atoms. The predicted octanol–water partition coefficient (Wildman–Crippen LogP) is 15.0. The minimum atomic E-state index is -4.80. The fourth-order valence-electron chi connectivity index (χ4n) is 8.19. The quantitative estimate of drug-likeness (QED) is 0.00894. The van der Waals surface area contributed by atoms with Crippen LogP contribution >= 0.6 is 19.4 Å². The van der Waals surface area contributed by atoms with Crippen molar-refractivity contribution in [2.75, 3.05) is 26.4 Å². The number of allylic oxidation sites excluding steroid dienone is 14. The number of phosphoric acid groups is 1. The van der Waals surface area contributed by atoms with E-state index >= 15 is 0 Å². The number of carbonyl (C=O) groups excluding carboxylic acids is 5. The predicted molar refractivity (Wildman–Crippen MR) is 311 cm³/mol. The Morgan fingerprint density at radius 1 is 0.714 bits per heavy atom. The van der Waals surface area contributed by atoms with Crippen molar-refractivity contribution in [2.45, 2.75) is 214 Å². The molecule has 0 saturated carbocycles. The second-order valence-corrected chi connectivity index (χ2v) is 21.6. The third kappa shape index (κ3) is 33.7. The van der Waals surface area contributed by atoms with Gasteiger partial charge in [0.1, 0.15) is 6.61 Å². The van der Waals surface area contributed by atoms with Crippen LogP contribution in [0.15, 0.2) is 107 Å². The van der Waals surface area contributed by atoms with Crippen molar-refractivity contribution < 1.29 is 56.7 Å². The van der Waals surface area contributed by atoms with Crippen LogP contribution in [0, 0.1) is 5.92 Å². The number of hydrogen-bond donors (Lipinski definition) is 1. The number of unbranched alkanes of at least 4 members (excludes halogenated alkanes) is 16. The van der Waals surface area contributed by atoms with Crippen molar-refractivity contribution in [3.63, 3.8) is 0 Å². The largest absolute Gasteiger partial charge is 0.472 e. The van der Waals surface area contributed by atoms with Gasteiger partial charge in [0.05, 0.1) is 18.2 Å². The number of Topliss-reactive ketones (excluding diaryl/α,β-unsaturated/α-hetero) is 2. The summed E-state index contributed by atoms with van der Waals surface area (Å²) in [5.41, 5.74) is 1.60. The fraction of sp³-hybridized carbons (Fsp3) is 0.623. The Morgan fingerprint density at radius 3 is 1.77 bits per heavy atom. The minimum absolute atomic E-state index is 0. The number of esters is 3. The summed E-state index contributed by atoms with van der Waals surface area (Å²) in [6, 6.07) is 0. The van der Waals surface area contributed by atoms with Gasteiger partial charge in [-0.15, -0.1) is 0 Å². The van der Waals surface area contributed by atoms with Crippen molar-refractivity contribution in [3.8, 4) is 0 Å². The van der Waals surface area contributed by atoms with Gasteiger partial charge < -0.3 is 24.0 Å². The SMILES string of the molecule is CCCCC/C=C\C/C=C\CCCCCCCC(=O)OCC(COP(=O)(O)OCCN1C=C2C(=O)C(OC(C)=O)C(=O)C(Cl)=C2C=C1/C=C/C(C)=C/C(C)CC)OC(=O)CCCCCCC/C=C\C/C=C\CCCCC.[Na]. The minimum Gasteiger partial charge on any atom is -0.462 e. The summed E-state index contributed by atoms with van der Waals surface area (Å²) in [5, 5.41) is -0.271. The molecule has 1 aliphatic carbocycles. The number of nitrogens with zero attached hydrogens (tertiary/aromatic N) is 1. The topological polar surface area (TPSA) is 172 Å². The molecule has 0 aromatic rings. The van der Waals surface area contributed by atoms with E-state index in [1.165, 1.54) is 44.7 Å². The van der Waals surface area contributed by atoms with E-state index in [-0.39, 0.29) is 71.7 Å². The van der Waals surface area contributed by atoms with Gasteiger partial charge in [0, 0.05) is 78.9 Å². The first-order valence-corrected chi connectivity index (χ1v) is 30.3. The zero-order chi connectivity index (χ0) is 55.8. The normalized spacial score (nSPS) is 16.8. The van der Waals surface area contributed by atoms with Crippen molar-refractivity contribution in [3.05, 3.63) is 107 Å². The summed E-state index contributed by atoms with van der Waals surface area (Å²) >= 11 is 6.47. The zero-order valence-electron chi connectivity index (χ0n) is 48.0. The van der Waals surface area contributed by atoms with Crippen LogP contribution in [-0.2, 0) is 51.8 Å². The number of hydrogen-bond acceptors (Lipinski definition) is 12. The first-order valence-electron chi connectivity index (χ1n) is 28.4. The number of ether oxygens (including phenoxy) is 3. The third-order valence-corrected chi connectivity index (χ3v) is 14.2. The summed E-state index contributed by atoms with van der Waals surface area (Å²) in [7, 11) is -4.80. The van der Waals surface area contributed by atoms with E-state index in [0.717, 1.165) is 109 Å². The summed E-state index contributed by atoms with van der Waals surface area (Å²) in [6.07, 6.45) is 47.8. The Balaban J connectivity index is 0.0000296. The molecule has 2 aliphatic rings. The van der Waals surface area contributed by atoms with Crippen LogP contribution in [-0.4, -0.2) is 107 Å². The Bertz CT molecular complexity index is 2110. The Kier molecular flexibility index (Phi) is 41.3. The molecule has 1 aliphatic heterocycles. The van der Waals surface area contributed by atoms with Crippen LogP contribution in [0.5, 0.6) is 0 Å². The maximum atomic E-state index is 13.5. The molecular weight excluding hydrogens is 1030 g/mol. The average molecular weight is 1120 g/mol. The van der Waals surface area contributed by atoms with Gasteiger partial charge >= 0.3 is 25.7 Å². The van der Waals surface area contributed by atoms with Crippen LogP contribution < -0.4 is 0 Å². The molecule has 4 unspecified atom stereocenters. The molecule has 16 heteroatoms.